The molecule has 0 spiro atoms. The molecule has 0 saturated heterocycles. The molecule has 9 nitrogen and oxygen atoms in total. The molecule has 0 amide bonds. The maximum absolute atomic E-state index is 9.81. The van der Waals surface area contributed by atoms with E-state index in [1.54, 1.807) is 0 Å². The molecule has 0 rings (SSSR count). The zero-order chi connectivity index (χ0) is 11.5. The topological polar surface area (TPSA) is 127 Å². The lowest BCUT2D eigenvalue weighted by Gasteiger charge is -2.06. The molecule has 0 aliphatic rings. The van der Waals surface area contributed by atoms with Crippen LogP contribution in [-0.2, 0) is 23.9 Å². The fourth-order valence-corrected chi connectivity index (χ4v) is 0.469. The van der Waals surface area contributed by atoms with Gasteiger partial charge in [0.15, 0.2) is 0 Å². The quantitative estimate of drug-likeness (QED) is 0.406. The monoisotopic (exact) mass is 210 g/mol. The molecule has 0 heterocycles. The highest BCUT2D eigenvalue weighted by Crippen LogP contribution is 2.02. The largest absolute Gasteiger partial charge is 0.289 e. The summed E-state index contributed by atoms with van der Waals surface area (Å²) in [6, 6.07) is 0. The van der Waals surface area contributed by atoms with E-state index in [0.29, 0.717) is 0 Å². The normalized spacial score (nSPS) is 11.7. The summed E-state index contributed by atoms with van der Waals surface area (Å²) in [7, 11) is 0. The number of ether oxygens (including phenoxy) is 1. The Kier molecular flexibility index (Phi) is 6.74. The highest BCUT2D eigenvalue weighted by Gasteiger charge is 2.12. The lowest BCUT2D eigenvalue weighted by atomic mass is 10.9. The van der Waals surface area contributed by atoms with Crippen molar-refractivity contribution in [2.75, 3.05) is 0 Å². The molecule has 0 radical (unpaired) electrons. The van der Waals surface area contributed by atoms with Gasteiger partial charge in [-0.05, 0) is 0 Å². The smallest absolute Gasteiger partial charge is 0.271 e. The van der Waals surface area contributed by atoms with Crippen LogP contribution in [0.5, 0.6) is 0 Å². The molecule has 0 aliphatic heterocycles. The Morgan fingerprint density at radius 2 is 0.933 bits per heavy atom. The number of isocyanates is 4. The number of aliphatic imine (C=N–C) groups is 4. The molecule has 0 atom stereocenters. The molecular formula is C6H2N4O5. The van der Waals surface area contributed by atoms with Gasteiger partial charge in [-0.2, -0.15) is 0 Å². The van der Waals surface area contributed by atoms with E-state index in [1.165, 1.54) is 0 Å². The molecule has 0 aliphatic carbocycles. The average molecular weight is 210 g/mol. The van der Waals surface area contributed by atoms with Gasteiger partial charge in [0, 0.05) is 0 Å². The molecule has 0 N–H and O–H groups in total. The standard InChI is InChI=1S/C6H2N4O5/c11-1-7-5(8-2-12)15-6(9-3-13)10-4-14/h5-6H. The summed E-state index contributed by atoms with van der Waals surface area (Å²) >= 11 is 0. The third kappa shape index (κ3) is 5.68. The number of hydrogen-bond acceptors (Lipinski definition) is 9. The van der Waals surface area contributed by atoms with Crippen molar-refractivity contribution in [3.05, 3.63) is 0 Å². The van der Waals surface area contributed by atoms with Crippen molar-refractivity contribution in [3.63, 3.8) is 0 Å². The van der Waals surface area contributed by atoms with Crippen molar-refractivity contribution in [3.8, 4) is 0 Å². The minimum absolute atomic E-state index is 1.04. The van der Waals surface area contributed by atoms with Crippen LogP contribution in [0, 0.1) is 0 Å². The van der Waals surface area contributed by atoms with Gasteiger partial charge in [0.05, 0.1) is 0 Å². The Balaban J connectivity index is 4.73. The fourth-order valence-electron chi connectivity index (χ4n) is 0.469. The van der Waals surface area contributed by atoms with Crippen molar-refractivity contribution >= 4 is 24.3 Å². The zero-order valence-corrected chi connectivity index (χ0v) is 6.98. The molecule has 76 valence electrons. The Hall–Kier alpha value is -2.52. The average Bonchev–Trinajstić information content (AvgIpc) is 2.19. The van der Waals surface area contributed by atoms with Crippen LogP contribution in [0.4, 0.5) is 0 Å². The molecular weight excluding hydrogens is 208 g/mol. The minimum atomic E-state index is -1.63. The molecule has 0 saturated carbocycles. The second-order valence-electron chi connectivity index (χ2n) is 1.67. The van der Waals surface area contributed by atoms with Crippen LogP contribution in [0.25, 0.3) is 0 Å². The predicted molar refractivity (Wildman–Crippen MR) is 41.1 cm³/mol. The Labute approximate surface area is 81.9 Å². The van der Waals surface area contributed by atoms with Crippen molar-refractivity contribution < 1.29 is 23.9 Å². The summed E-state index contributed by atoms with van der Waals surface area (Å²) in [5.41, 5.74) is 0. The van der Waals surface area contributed by atoms with Gasteiger partial charge in [-0.3, -0.25) is 4.74 Å². The first-order valence-corrected chi connectivity index (χ1v) is 3.22. The van der Waals surface area contributed by atoms with Gasteiger partial charge in [-0.1, -0.05) is 0 Å². The summed E-state index contributed by atoms with van der Waals surface area (Å²) in [6.07, 6.45) is 0.905. The van der Waals surface area contributed by atoms with E-state index in [0.717, 1.165) is 24.3 Å². The second kappa shape index (κ2) is 8.10. The van der Waals surface area contributed by atoms with Gasteiger partial charge in [0.25, 0.3) is 12.7 Å². The molecule has 0 aromatic rings. The van der Waals surface area contributed by atoms with Gasteiger partial charge in [-0.15, -0.1) is 20.0 Å². The maximum atomic E-state index is 9.81. The first-order chi connectivity index (χ1) is 7.28. The SMILES string of the molecule is O=C=NC(N=C=O)OC(N=C=O)N=C=O. The number of nitrogens with zero attached hydrogens (tertiary/aromatic N) is 4. The molecule has 15 heavy (non-hydrogen) atoms. The van der Waals surface area contributed by atoms with E-state index in [2.05, 4.69) is 24.7 Å². The van der Waals surface area contributed by atoms with Gasteiger partial charge in [0.1, 0.15) is 0 Å². The molecule has 0 unspecified atom stereocenters. The van der Waals surface area contributed by atoms with Crippen molar-refractivity contribution in [1.82, 2.24) is 0 Å². The number of carbonyl (C=O) groups excluding carboxylic acids is 4. The van der Waals surface area contributed by atoms with Crippen LogP contribution < -0.4 is 0 Å². The van der Waals surface area contributed by atoms with Gasteiger partial charge in [0.2, 0.25) is 24.3 Å². The third-order valence-electron chi connectivity index (χ3n) is 0.896. The highest BCUT2D eigenvalue weighted by molar-refractivity contribution is 5.37. The van der Waals surface area contributed by atoms with E-state index < -0.39 is 12.7 Å². The van der Waals surface area contributed by atoms with Crippen LogP contribution in [0.2, 0.25) is 0 Å². The lowest BCUT2D eigenvalue weighted by molar-refractivity contribution is 0.00838. The van der Waals surface area contributed by atoms with Crippen LogP contribution in [0.3, 0.4) is 0 Å². The summed E-state index contributed by atoms with van der Waals surface area (Å²) < 4.78 is 4.50. The van der Waals surface area contributed by atoms with Gasteiger partial charge >= 0.3 is 0 Å². The zero-order valence-electron chi connectivity index (χ0n) is 6.98. The first-order valence-electron chi connectivity index (χ1n) is 3.22. The number of rotatable bonds is 6. The molecule has 9 heteroatoms. The van der Waals surface area contributed by atoms with Crippen LogP contribution >= 0.6 is 0 Å². The Morgan fingerprint density at radius 3 is 1.13 bits per heavy atom. The summed E-state index contributed by atoms with van der Waals surface area (Å²) in [5, 5.41) is 0. The van der Waals surface area contributed by atoms with Crippen molar-refractivity contribution in [2.45, 2.75) is 12.7 Å². The van der Waals surface area contributed by atoms with E-state index in [1.807, 2.05) is 0 Å². The van der Waals surface area contributed by atoms with Crippen LogP contribution in [0.1, 0.15) is 0 Å². The summed E-state index contributed by atoms with van der Waals surface area (Å²) in [6.45, 7) is 0. The van der Waals surface area contributed by atoms with Crippen molar-refractivity contribution in [1.29, 1.82) is 0 Å². The lowest BCUT2D eigenvalue weighted by Crippen LogP contribution is -2.15. The van der Waals surface area contributed by atoms with Gasteiger partial charge < -0.3 is 0 Å². The molecule has 0 fully saturated rings. The third-order valence-corrected chi connectivity index (χ3v) is 0.896. The van der Waals surface area contributed by atoms with E-state index >= 15 is 0 Å². The van der Waals surface area contributed by atoms with Gasteiger partial charge in [-0.25, -0.2) is 19.2 Å². The maximum Gasteiger partial charge on any atom is 0.271 e. The highest BCUT2D eigenvalue weighted by atomic mass is 16.5. The van der Waals surface area contributed by atoms with Crippen LogP contribution in [0.15, 0.2) is 20.0 Å². The summed E-state index contributed by atoms with van der Waals surface area (Å²) in [4.78, 5) is 50.8. The summed E-state index contributed by atoms with van der Waals surface area (Å²) in [5.74, 6) is 0. The number of hydrogen-bond donors (Lipinski definition) is 0. The molecule has 0 bridgehead atoms. The Morgan fingerprint density at radius 1 is 0.667 bits per heavy atom. The minimum Gasteiger partial charge on any atom is -0.289 e. The van der Waals surface area contributed by atoms with E-state index in [9.17, 15) is 19.2 Å². The van der Waals surface area contributed by atoms with E-state index in [4.69, 9.17) is 0 Å². The fraction of sp³-hybridized carbons (Fsp3) is 0.333. The predicted octanol–water partition coefficient (Wildman–Crippen LogP) is -1.09. The second-order valence-corrected chi connectivity index (χ2v) is 1.67. The molecule has 0 aromatic heterocycles. The first kappa shape index (κ1) is 12.5. The van der Waals surface area contributed by atoms with Crippen LogP contribution in [-0.4, -0.2) is 37.0 Å². The van der Waals surface area contributed by atoms with E-state index in [-0.39, 0.29) is 0 Å². The van der Waals surface area contributed by atoms with Crippen molar-refractivity contribution in [2.24, 2.45) is 20.0 Å². The molecule has 0 aromatic carbocycles. The Bertz CT molecular complexity index is 322.